The number of nitrogens with zero attached hydrogens (tertiary/aromatic N) is 2. The fourth-order valence-electron chi connectivity index (χ4n) is 2.23. The number of alkyl halides is 3. The molecule has 0 bridgehead atoms. The molecule has 1 aromatic carbocycles. The highest BCUT2D eigenvalue weighted by atomic mass is 35.5. The van der Waals surface area contributed by atoms with E-state index in [0.29, 0.717) is 6.54 Å². The van der Waals surface area contributed by atoms with Gasteiger partial charge in [-0.25, -0.2) is 4.68 Å². The molecule has 0 radical (unpaired) electrons. The van der Waals surface area contributed by atoms with E-state index in [4.69, 9.17) is 0 Å². The Labute approximate surface area is 153 Å². The molecule has 0 aliphatic carbocycles. The number of nitrogens with one attached hydrogen (secondary N) is 2. The molecule has 1 aromatic heterocycles. The minimum absolute atomic E-state index is 0. The predicted molar refractivity (Wildman–Crippen MR) is 93.1 cm³/mol. The van der Waals surface area contributed by atoms with E-state index >= 15 is 0 Å². The summed E-state index contributed by atoms with van der Waals surface area (Å²) < 4.78 is 40.6. The number of likely N-dealkylation sites (N-methyl/N-ethyl adjacent to an activating group) is 1. The standard InChI is InChI=1S/C16H17F3N4O2.ClH/c1-10-9-13(24)14(15(25)21-8-7-20-2)22-23(10)12-6-4-3-5-11(12)16(17,18)19;/h3-6,9,20H,7-8H2,1-2H3,(H,21,25);1H. The second kappa shape index (κ2) is 8.81. The van der Waals surface area contributed by atoms with Crippen molar-refractivity contribution in [3.8, 4) is 5.69 Å². The molecule has 0 saturated heterocycles. The van der Waals surface area contributed by atoms with Gasteiger partial charge in [0.2, 0.25) is 5.43 Å². The van der Waals surface area contributed by atoms with Gasteiger partial charge in [-0.1, -0.05) is 12.1 Å². The van der Waals surface area contributed by atoms with Gasteiger partial charge in [-0.2, -0.15) is 18.3 Å². The molecule has 26 heavy (non-hydrogen) atoms. The Bertz CT molecular complexity index is 837. The Morgan fingerprint density at radius 1 is 1.23 bits per heavy atom. The Kier molecular flexibility index (Phi) is 7.34. The molecule has 2 N–H and O–H groups in total. The summed E-state index contributed by atoms with van der Waals surface area (Å²) in [5.74, 6) is -0.738. The summed E-state index contributed by atoms with van der Waals surface area (Å²) in [5.41, 5.74) is -2.08. The van der Waals surface area contributed by atoms with Crippen LogP contribution in [0.15, 0.2) is 35.1 Å². The van der Waals surface area contributed by atoms with Crippen molar-refractivity contribution in [2.75, 3.05) is 20.1 Å². The highest BCUT2D eigenvalue weighted by molar-refractivity contribution is 5.92. The third-order valence-corrected chi connectivity index (χ3v) is 3.42. The molecule has 0 saturated carbocycles. The first-order valence-corrected chi connectivity index (χ1v) is 7.46. The number of aromatic nitrogens is 2. The zero-order valence-corrected chi connectivity index (χ0v) is 14.9. The molecule has 0 unspecified atom stereocenters. The summed E-state index contributed by atoms with van der Waals surface area (Å²) in [5, 5.41) is 9.17. The maximum absolute atomic E-state index is 13.2. The zero-order valence-electron chi connectivity index (χ0n) is 14.1. The van der Waals surface area contributed by atoms with E-state index in [2.05, 4.69) is 15.7 Å². The molecular weight excluding hydrogens is 373 g/mol. The van der Waals surface area contributed by atoms with Gasteiger partial charge in [0, 0.05) is 24.8 Å². The van der Waals surface area contributed by atoms with E-state index in [1.54, 1.807) is 7.05 Å². The van der Waals surface area contributed by atoms with Gasteiger partial charge in [-0.3, -0.25) is 9.59 Å². The third-order valence-electron chi connectivity index (χ3n) is 3.42. The predicted octanol–water partition coefficient (Wildman–Crippen LogP) is 1.93. The number of hydrogen-bond acceptors (Lipinski definition) is 4. The number of benzene rings is 1. The van der Waals surface area contributed by atoms with Crippen LogP contribution in [0, 0.1) is 6.92 Å². The van der Waals surface area contributed by atoms with Gasteiger partial charge < -0.3 is 10.6 Å². The summed E-state index contributed by atoms with van der Waals surface area (Å²) >= 11 is 0. The summed E-state index contributed by atoms with van der Waals surface area (Å²) in [6, 6.07) is 5.93. The van der Waals surface area contributed by atoms with Crippen molar-refractivity contribution in [2.24, 2.45) is 0 Å². The smallest absolute Gasteiger partial charge is 0.349 e. The first-order valence-electron chi connectivity index (χ1n) is 7.46. The topological polar surface area (TPSA) is 76.0 Å². The lowest BCUT2D eigenvalue weighted by molar-refractivity contribution is -0.137. The van der Waals surface area contributed by atoms with Gasteiger partial charge >= 0.3 is 6.18 Å². The molecule has 0 fully saturated rings. The molecule has 1 heterocycles. The number of hydrogen-bond donors (Lipinski definition) is 2. The molecule has 1 amide bonds. The van der Waals surface area contributed by atoms with Crippen molar-refractivity contribution in [2.45, 2.75) is 13.1 Å². The second-order valence-corrected chi connectivity index (χ2v) is 5.28. The van der Waals surface area contributed by atoms with Gasteiger partial charge in [0.25, 0.3) is 5.91 Å². The van der Waals surface area contributed by atoms with E-state index in [0.717, 1.165) is 16.8 Å². The average molecular weight is 391 g/mol. The minimum atomic E-state index is -4.59. The molecule has 142 valence electrons. The summed E-state index contributed by atoms with van der Waals surface area (Å²) in [7, 11) is 1.69. The normalized spacial score (nSPS) is 11.0. The van der Waals surface area contributed by atoms with Crippen molar-refractivity contribution >= 4 is 18.3 Å². The largest absolute Gasteiger partial charge is 0.418 e. The molecule has 2 rings (SSSR count). The van der Waals surface area contributed by atoms with Crippen LogP contribution < -0.4 is 16.1 Å². The third kappa shape index (κ3) is 4.83. The monoisotopic (exact) mass is 390 g/mol. The number of rotatable bonds is 5. The number of halogens is 4. The van der Waals surface area contributed by atoms with E-state index in [1.807, 2.05) is 0 Å². The maximum Gasteiger partial charge on any atom is 0.418 e. The highest BCUT2D eigenvalue weighted by Crippen LogP contribution is 2.33. The Morgan fingerprint density at radius 3 is 2.50 bits per heavy atom. The van der Waals surface area contributed by atoms with Crippen LogP contribution in [0.4, 0.5) is 13.2 Å². The number of carbonyl (C=O) groups is 1. The molecular formula is C16H18ClF3N4O2. The van der Waals surface area contributed by atoms with Crippen LogP contribution >= 0.6 is 12.4 Å². The van der Waals surface area contributed by atoms with Crippen LogP contribution in [0.25, 0.3) is 5.69 Å². The van der Waals surface area contributed by atoms with Crippen LogP contribution in [-0.4, -0.2) is 35.8 Å². The molecule has 10 heteroatoms. The molecule has 2 aromatic rings. The minimum Gasteiger partial charge on any atom is -0.349 e. The van der Waals surface area contributed by atoms with Crippen LogP contribution in [0.2, 0.25) is 0 Å². The van der Waals surface area contributed by atoms with E-state index in [9.17, 15) is 22.8 Å². The van der Waals surface area contributed by atoms with Crippen molar-refractivity contribution in [1.29, 1.82) is 0 Å². The number of para-hydroxylation sites is 1. The lowest BCUT2D eigenvalue weighted by atomic mass is 10.1. The fourth-order valence-corrected chi connectivity index (χ4v) is 2.23. The van der Waals surface area contributed by atoms with Crippen LogP contribution in [-0.2, 0) is 6.18 Å². The molecule has 0 aliphatic heterocycles. The summed E-state index contributed by atoms with van der Waals surface area (Å²) in [4.78, 5) is 24.1. The van der Waals surface area contributed by atoms with E-state index in [-0.39, 0.29) is 30.3 Å². The fraction of sp³-hybridized carbons (Fsp3) is 0.312. The van der Waals surface area contributed by atoms with Gasteiger partial charge in [0.05, 0.1) is 11.3 Å². The number of aryl methyl sites for hydroxylation is 1. The Balaban J connectivity index is 0.00000338. The van der Waals surface area contributed by atoms with Gasteiger partial charge in [-0.15, -0.1) is 12.4 Å². The van der Waals surface area contributed by atoms with Crippen molar-refractivity contribution in [3.63, 3.8) is 0 Å². The van der Waals surface area contributed by atoms with E-state index in [1.165, 1.54) is 25.1 Å². The Hall–Kier alpha value is -2.39. The van der Waals surface area contributed by atoms with E-state index < -0.39 is 28.8 Å². The first-order chi connectivity index (χ1) is 11.8. The maximum atomic E-state index is 13.2. The van der Waals surface area contributed by atoms with Crippen LogP contribution in [0.5, 0.6) is 0 Å². The lowest BCUT2D eigenvalue weighted by Crippen LogP contribution is -2.35. The van der Waals surface area contributed by atoms with Crippen LogP contribution in [0.1, 0.15) is 21.7 Å². The SMILES string of the molecule is CNCCNC(=O)c1nn(-c2ccccc2C(F)(F)F)c(C)cc1=O.Cl. The molecule has 0 atom stereocenters. The number of carbonyl (C=O) groups excluding carboxylic acids is 1. The average Bonchev–Trinajstić information content (AvgIpc) is 2.54. The van der Waals surface area contributed by atoms with Crippen LogP contribution in [0.3, 0.4) is 0 Å². The molecule has 0 spiro atoms. The second-order valence-electron chi connectivity index (χ2n) is 5.28. The zero-order chi connectivity index (χ0) is 18.6. The van der Waals surface area contributed by atoms with Gasteiger partial charge in [0.15, 0.2) is 5.69 Å². The molecule has 0 aliphatic rings. The first kappa shape index (κ1) is 21.7. The number of amides is 1. The molecule has 6 nitrogen and oxygen atoms in total. The highest BCUT2D eigenvalue weighted by Gasteiger charge is 2.34. The Morgan fingerprint density at radius 2 is 1.88 bits per heavy atom. The quantitative estimate of drug-likeness (QED) is 0.765. The lowest BCUT2D eigenvalue weighted by Gasteiger charge is -2.16. The van der Waals surface area contributed by atoms with Crippen molar-refractivity contribution < 1.29 is 18.0 Å². The van der Waals surface area contributed by atoms with Gasteiger partial charge in [0.1, 0.15) is 0 Å². The van der Waals surface area contributed by atoms with Gasteiger partial charge in [-0.05, 0) is 26.1 Å². The summed E-state index contributed by atoms with van der Waals surface area (Å²) in [6.45, 7) is 2.18. The van der Waals surface area contributed by atoms with Crippen molar-refractivity contribution in [3.05, 3.63) is 57.5 Å². The van der Waals surface area contributed by atoms with Crippen molar-refractivity contribution in [1.82, 2.24) is 20.4 Å². The summed E-state index contributed by atoms with van der Waals surface area (Å²) in [6.07, 6.45) is -4.59.